The fourth-order valence-corrected chi connectivity index (χ4v) is 2.42. The second-order valence-corrected chi connectivity index (χ2v) is 5.09. The van der Waals surface area contributed by atoms with Gasteiger partial charge in [-0.1, -0.05) is 6.07 Å². The van der Waals surface area contributed by atoms with Gasteiger partial charge in [0, 0.05) is 23.8 Å². The largest absolute Gasteiger partial charge is 0.454 e. The maximum atomic E-state index is 11.8. The Morgan fingerprint density at radius 1 is 1.00 bits per heavy atom. The summed E-state index contributed by atoms with van der Waals surface area (Å²) in [4.78, 5) is 27.3. The summed E-state index contributed by atoms with van der Waals surface area (Å²) in [5, 5.41) is 0.891. The molecule has 0 spiro atoms. The highest BCUT2D eigenvalue weighted by Gasteiger charge is 2.10. The van der Waals surface area contributed by atoms with Gasteiger partial charge in [0.15, 0.2) is 11.4 Å². The van der Waals surface area contributed by atoms with Gasteiger partial charge < -0.3 is 9.72 Å². The van der Waals surface area contributed by atoms with E-state index in [-0.39, 0.29) is 5.56 Å². The van der Waals surface area contributed by atoms with E-state index in [1.807, 2.05) is 30.3 Å². The molecule has 3 heterocycles. The molecular formula is C17H12N4O2. The van der Waals surface area contributed by atoms with Gasteiger partial charge in [0.05, 0.1) is 5.52 Å². The van der Waals surface area contributed by atoms with Crippen molar-refractivity contribution in [3.05, 3.63) is 64.8 Å². The van der Waals surface area contributed by atoms with Crippen LogP contribution in [-0.4, -0.2) is 19.9 Å². The van der Waals surface area contributed by atoms with Crippen molar-refractivity contribution in [2.75, 3.05) is 0 Å². The summed E-state index contributed by atoms with van der Waals surface area (Å²) in [5.74, 6) is 1.15. The van der Waals surface area contributed by atoms with Crippen LogP contribution >= 0.6 is 0 Å². The standard InChI is InChI=1S/C17H12N4O2/c1-10-17(22)21-15-14(7-9-19-16(15)20-10)23-13-6-2-5-12-11(13)4-3-8-18-12/h2-9H,1H3,(H,21,22). The number of nitrogens with one attached hydrogen (secondary N) is 1. The van der Waals surface area contributed by atoms with E-state index in [2.05, 4.69) is 19.9 Å². The monoisotopic (exact) mass is 304 g/mol. The summed E-state index contributed by atoms with van der Waals surface area (Å²) in [5.41, 5.74) is 1.87. The summed E-state index contributed by atoms with van der Waals surface area (Å²) < 4.78 is 6.01. The number of aryl methyl sites for hydroxylation is 1. The second kappa shape index (κ2) is 5.17. The highest BCUT2D eigenvalue weighted by atomic mass is 16.5. The van der Waals surface area contributed by atoms with Gasteiger partial charge in [0.25, 0.3) is 5.56 Å². The number of aromatic amines is 1. The van der Waals surface area contributed by atoms with E-state index < -0.39 is 0 Å². The van der Waals surface area contributed by atoms with Crippen LogP contribution in [0.3, 0.4) is 0 Å². The molecule has 4 aromatic rings. The molecule has 3 aromatic heterocycles. The summed E-state index contributed by atoms with van der Waals surface area (Å²) in [6.07, 6.45) is 3.34. The molecule has 0 aliphatic carbocycles. The number of aromatic nitrogens is 4. The lowest BCUT2D eigenvalue weighted by molar-refractivity contribution is 0.492. The van der Waals surface area contributed by atoms with Crippen molar-refractivity contribution in [1.82, 2.24) is 19.9 Å². The van der Waals surface area contributed by atoms with Crippen LogP contribution in [-0.2, 0) is 0 Å². The van der Waals surface area contributed by atoms with Gasteiger partial charge in [-0.3, -0.25) is 9.78 Å². The summed E-state index contributed by atoms with van der Waals surface area (Å²) in [6.45, 7) is 1.64. The first-order valence-corrected chi connectivity index (χ1v) is 7.09. The summed E-state index contributed by atoms with van der Waals surface area (Å²) in [7, 11) is 0. The molecule has 6 nitrogen and oxygen atoms in total. The molecule has 112 valence electrons. The van der Waals surface area contributed by atoms with Crippen LogP contribution in [0.1, 0.15) is 5.69 Å². The Labute approximate surface area is 130 Å². The molecule has 0 unspecified atom stereocenters. The van der Waals surface area contributed by atoms with E-state index in [1.165, 1.54) is 0 Å². The molecule has 0 aliphatic rings. The molecule has 0 amide bonds. The molecule has 4 rings (SSSR count). The van der Waals surface area contributed by atoms with Crippen molar-refractivity contribution in [3.63, 3.8) is 0 Å². The van der Waals surface area contributed by atoms with Gasteiger partial charge in [-0.25, -0.2) is 9.97 Å². The minimum Gasteiger partial charge on any atom is -0.454 e. The van der Waals surface area contributed by atoms with E-state index in [0.29, 0.717) is 28.4 Å². The van der Waals surface area contributed by atoms with Crippen LogP contribution in [0, 0.1) is 6.92 Å². The predicted octanol–water partition coefficient (Wildman–Crippen LogP) is 2.97. The zero-order valence-electron chi connectivity index (χ0n) is 12.3. The Balaban J connectivity index is 1.90. The number of ether oxygens (including phenoxy) is 1. The van der Waals surface area contributed by atoms with Crippen LogP contribution in [0.5, 0.6) is 11.5 Å². The second-order valence-electron chi connectivity index (χ2n) is 5.09. The molecule has 6 heteroatoms. The number of H-pyrrole nitrogens is 1. The maximum Gasteiger partial charge on any atom is 0.270 e. The quantitative estimate of drug-likeness (QED) is 0.616. The van der Waals surface area contributed by atoms with Crippen molar-refractivity contribution in [2.45, 2.75) is 6.92 Å². The van der Waals surface area contributed by atoms with Crippen LogP contribution in [0.25, 0.3) is 22.1 Å². The molecule has 0 atom stereocenters. The smallest absolute Gasteiger partial charge is 0.270 e. The fraction of sp³-hybridized carbons (Fsp3) is 0.0588. The number of nitrogens with zero attached hydrogens (tertiary/aromatic N) is 3. The van der Waals surface area contributed by atoms with E-state index in [0.717, 1.165) is 10.9 Å². The average Bonchev–Trinajstić information content (AvgIpc) is 2.57. The van der Waals surface area contributed by atoms with Gasteiger partial charge in [0.2, 0.25) is 0 Å². The van der Waals surface area contributed by atoms with E-state index in [9.17, 15) is 4.79 Å². The first kappa shape index (κ1) is 13.4. The molecule has 0 saturated carbocycles. The Hall–Kier alpha value is -3.28. The number of hydrogen-bond donors (Lipinski definition) is 1. The Morgan fingerprint density at radius 3 is 2.83 bits per heavy atom. The van der Waals surface area contributed by atoms with Crippen LogP contribution in [0.4, 0.5) is 0 Å². The minimum absolute atomic E-state index is 0.255. The number of benzene rings is 1. The van der Waals surface area contributed by atoms with Crippen molar-refractivity contribution in [3.8, 4) is 11.5 Å². The predicted molar refractivity (Wildman–Crippen MR) is 86.7 cm³/mol. The summed E-state index contributed by atoms with van der Waals surface area (Å²) in [6, 6.07) is 11.1. The molecule has 1 aromatic carbocycles. The van der Waals surface area contributed by atoms with Gasteiger partial charge in [-0.15, -0.1) is 0 Å². The fourth-order valence-electron chi connectivity index (χ4n) is 2.42. The topological polar surface area (TPSA) is 80.8 Å². The number of hydrogen-bond acceptors (Lipinski definition) is 5. The molecular weight excluding hydrogens is 292 g/mol. The zero-order chi connectivity index (χ0) is 15.8. The molecule has 23 heavy (non-hydrogen) atoms. The third kappa shape index (κ3) is 2.30. The Morgan fingerprint density at radius 2 is 1.91 bits per heavy atom. The van der Waals surface area contributed by atoms with Crippen molar-refractivity contribution < 1.29 is 4.74 Å². The van der Waals surface area contributed by atoms with Gasteiger partial charge in [-0.2, -0.15) is 0 Å². The maximum absolute atomic E-state index is 11.8. The lowest BCUT2D eigenvalue weighted by Crippen LogP contribution is -2.12. The Bertz CT molecular complexity index is 1080. The minimum atomic E-state index is -0.255. The SMILES string of the molecule is Cc1nc2nccc(Oc3cccc4ncccc34)c2[nH]c1=O. The molecule has 0 saturated heterocycles. The average molecular weight is 304 g/mol. The number of fused-ring (bicyclic) bond motifs is 2. The lowest BCUT2D eigenvalue weighted by Gasteiger charge is -2.10. The zero-order valence-corrected chi connectivity index (χ0v) is 12.3. The first-order chi connectivity index (χ1) is 11.2. The van der Waals surface area contributed by atoms with E-state index in [4.69, 9.17) is 4.74 Å². The third-order valence-corrected chi connectivity index (χ3v) is 3.56. The lowest BCUT2D eigenvalue weighted by atomic mass is 10.2. The van der Waals surface area contributed by atoms with Crippen molar-refractivity contribution >= 4 is 22.1 Å². The highest BCUT2D eigenvalue weighted by Crippen LogP contribution is 2.31. The molecule has 0 bridgehead atoms. The molecule has 1 N–H and O–H groups in total. The molecule has 0 radical (unpaired) electrons. The number of pyridine rings is 2. The van der Waals surface area contributed by atoms with Crippen molar-refractivity contribution in [2.24, 2.45) is 0 Å². The molecule has 0 fully saturated rings. The normalized spacial score (nSPS) is 11.0. The first-order valence-electron chi connectivity index (χ1n) is 7.09. The Kier molecular flexibility index (Phi) is 3.01. The van der Waals surface area contributed by atoms with Crippen LogP contribution < -0.4 is 10.3 Å². The van der Waals surface area contributed by atoms with E-state index in [1.54, 1.807) is 25.4 Å². The van der Waals surface area contributed by atoms with E-state index >= 15 is 0 Å². The van der Waals surface area contributed by atoms with Gasteiger partial charge >= 0.3 is 0 Å². The van der Waals surface area contributed by atoms with Crippen molar-refractivity contribution in [1.29, 1.82) is 0 Å². The molecule has 0 aliphatic heterocycles. The van der Waals surface area contributed by atoms with Crippen LogP contribution in [0.15, 0.2) is 53.6 Å². The van der Waals surface area contributed by atoms with Gasteiger partial charge in [-0.05, 0) is 31.2 Å². The van der Waals surface area contributed by atoms with Crippen LogP contribution in [0.2, 0.25) is 0 Å². The summed E-state index contributed by atoms with van der Waals surface area (Å²) >= 11 is 0. The van der Waals surface area contributed by atoms with Gasteiger partial charge in [0.1, 0.15) is 17.0 Å². The number of rotatable bonds is 2. The highest BCUT2D eigenvalue weighted by molar-refractivity contribution is 5.86. The third-order valence-electron chi connectivity index (χ3n) is 3.56.